The van der Waals surface area contributed by atoms with Gasteiger partial charge < -0.3 is 19.3 Å². The minimum atomic E-state index is -0.646. The zero-order chi connectivity index (χ0) is 21.7. The van der Waals surface area contributed by atoms with Gasteiger partial charge in [-0.25, -0.2) is 4.68 Å². The first-order valence-electron chi connectivity index (χ1n) is 9.57. The number of esters is 1. The van der Waals surface area contributed by atoms with E-state index in [0.29, 0.717) is 42.8 Å². The van der Waals surface area contributed by atoms with Gasteiger partial charge in [0.05, 0.1) is 37.3 Å². The van der Waals surface area contributed by atoms with Crippen LogP contribution < -0.4 is 5.56 Å². The molecule has 10 nitrogen and oxygen atoms in total. The molecule has 160 valence electrons. The summed E-state index contributed by atoms with van der Waals surface area (Å²) in [5.74, 6) is -1.31. The maximum Gasteiger partial charge on any atom is 0.312 e. The average molecular weight is 416 g/mol. The van der Waals surface area contributed by atoms with Crippen molar-refractivity contribution in [3.05, 3.63) is 40.3 Å². The Balaban J connectivity index is 1.55. The van der Waals surface area contributed by atoms with E-state index >= 15 is 0 Å². The summed E-state index contributed by atoms with van der Waals surface area (Å²) >= 11 is 0. The highest BCUT2D eigenvalue weighted by molar-refractivity contribution is 5.88. The van der Waals surface area contributed by atoms with Crippen molar-refractivity contribution < 1.29 is 23.9 Å². The first kappa shape index (κ1) is 21.4. The molecule has 0 spiro atoms. The maximum atomic E-state index is 12.2. The van der Waals surface area contributed by atoms with Crippen molar-refractivity contribution in [3.63, 3.8) is 0 Å². The molecule has 30 heavy (non-hydrogen) atoms. The number of aromatic nitrogens is 2. The summed E-state index contributed by atoms with van der Waals surface area (Å²) in [4.78, 5) is 51.7. The van der Waals surface area contributed by atoms with Crippen molar-refractivity contribution in [2.45, 2.75) is 6.42 Å². The third kappa shape index (κ3) is 5.01. The zero-order valence-electron chi connectivity index (χ0n) is 17.0. The molecule has 0 unspecified atom stereocenters. The minimum absolute atomic E-state index is 0.0939. The van der Waals surface area contributed by atoms with E-state index in [0.717, 1.165) is 0 Å². The molecule has 1 saturated heterocycles. The number of benzene rings is 1. The van der Waals surface area contributed by atoms with E-state index in [1.54, 1.807) is 29.2 Å². The second kappa shape index (κ2) is 9.49. The van der Waals surface area contributed by atoms with Crippen molar-refractivity contribution in [1.29, 1.82) is 0 Å². The van der Waals surface area contributed by atoms with E-state index < -0.39 is 18.5 Å². The van der Waals surface area contributed by atoms with Crippen molar-refractivity contribution in [2.75, 3.05) is 46.5 Å². The van der Waals surface area contributed by atoms with E-state index in [2.05, 4.69) is 5.10 Å². The summed E-state index contributed by atoms with van der Waals surface area (Å²) < 4.78 is 11.4. The Morgan fingerprint density at radius 3 is 2.53 bits per heavy atom. The molecule has 1 aromatic carbocycles. The van der Waals surface area contributed by atoms with Gasteiger partial charge in [0.2, 0.25) is 5.91 Å². The summed E-state index contributed by atoms with van der Waals surface area (Å²) in [6.45, 7) is 1.38. The van der Waals surface area contributed by atoms with Crippen LogP contribution >= 0.6 is 0 Å². The number of aryl methyl sites for hydroxylation is 1. The lowest BCUT2D eigenvalue weighted by Crippen LogP contribution is -2.46. The number of carbonyl (C=O) groups is 3. The first-order valence-corrected chi connectivity index (χ1v) is 9.57. The fourth-order valence-electron chi connectivity index (χ4n) is 3.15. The van der Waals surface area contributed by atoms with Crippen molar-refractivity contribution in [3.8, 4) is 0 Å². The summed E-state index contributed by atoms with van der Waals surface area (Å²) in [5.41, 5.74) is 0.130. The predicted octanol–water partition coefficient (Wildman–Crippen LogP) is -0.664. The first-order chi connectivity index (χ1) is 14.4. The molecule has 3 rings (SSSR count). The van der Waals surface area contributed by atoms with Crippen LogP contribution in [-0.4, -0.2) is 83.9 Å². The van der Waals surface area contributed by atoms with Crippen LogP contribution in [0.25, 0.3) is 10.8 Å². The molecule has 0 radical (unpaired) electrons. The van der Waals surface area contributed by atoms with Crippen molar-refractivity contribution >= 4 is 28.6 Å². The molecule has 10 heteroatoms. The van der Waals surface area contributed by atoms with Crippen LogP contribution in [0.15, 0.2) is 29.1 Å². The molecule has 2 amide bonds. The van der Waals surface area contributed by atoms with Gasteiger partial charge in [-0.1, -0.05) is 18.2 Å². The standard InChI is InChI=1S/C20H24N4O6/c1-22(12-17(25)24-7-9-29-10-8-24)18(26)13-30-19(27)11-16-14-5-3-4-6-15(14)20(28)23(2)21-16/h3-6H,7-13H2,1-2H3. The van der Waals surface area contributed by atoms with Gasteiger partial charge in [0.1, 0.15) is 0 Å². The van der Waals surface area contributed by atoms with Gasteiger partial charge in [-0.2, -0.15) is 5.10 Å². The van der Waals surface area contributed by atoms with Gasteiger partial charge in [0, 0.05) is 32.6 Å². The molecule has 0 saturated carbocycles. The number of rotatable bonds is 6. The second-order valence-corrected chi connectivity index (χ2v) is 7.00. The summed E-state index contributed by atoms with van der Waals surface area (Å²) in [6, 6.07) is 6.86. The number of fused-ring (bicyclic) bond motifs is 1. The maximum absolute atomic E-state index is 12.2. The number of hydrogen-bond donors (Lipinski definition) is 0. The predicted molar refractivity (Wildman–Crippen MR) is 107 cm³/mol. The normalized spacial score (nSPS) is 13.9. The van der Waals surface area contributed by atoms with Gasteiger partial charge in [-0.3, -0.25) is 19.2 Å². The monoisotopic (exact) mass is 416 g/mol. The second-order valence-electron chi connectivity index (χ2n) is 7.00. The van der Waals surface area contributed by atoms with Gasteiger partial charge in [-0.05, 0) is 6.07 Å². The largest absolute Gasteiger partial charge is 0.455 e. The fraction of sp³-hybridized carbons (Fsp3) is 0.450. The number of hydrogen-bond acceptors (Lipinski definition) is 7. The third-order valence-electron chi connectivity index (χ3n) is 4.86. The van der Waals surface area contributed by atoms with Crippen LogP contribution in [0.1, 0.15) is 5.69 Å². The number of amides is 2. The molecule has 2 aromatic rings. The Morgan fingerprint density at radius 2 is 1.83 bits per heavy atom. The Kier molecular flexibility index (Phi) is 6.78. The Morgan fingerprint density at radius 1 is 1.17 bits per heavy atom. The highest BCUT2D eigenvalue weighted by atomic mass is 16.5. The van der Waals surface area contributed by atoms with Crippen LogP contribution in [0.3, 0.4) is 0 Å². The topological polar surface area (TPSA) is 111 Å². The molecule has 1 fully saturated rings. The van der Waals surface area contributed by atoms with Crippen LogP contribution in [0.4, 0.5) is 0 Å². The van der Waals surface area contributed by atoms with E-state index in [9.17, 15) is 19.2 Å². The third-order valence-corrected chi connectivity index (χ3v) is 4.86. The zero-order valence-corrected chi connectivity index (χ0v) is 17.0. The Hall–Kier alpha value is -3.27. The van der Waals surface area contributed by atoms with Gasteiger partial charge in [-0.15, -0.1) is 0 Å². The lowest BCUT2D eigenvalue weighted by molar-refractivity contribution is -0.152. The minimum Gasteiger partial charge on any atom is -0.455 e. The molecule has 1 aliphatic rings. The number of morpholine rings is 1. The number of carbonyl (C=O) groups excluding carboxylic acids is 3. The lowest BCUT2D eigenvalue weighted by atomic mass is 10.1. The van der Waals surface area contributed by atoms with E-state index in [1.807, 2.05) is 0 Å². The Bertz CT molecular complexity index is 1010. The lowest BCUT2D eigenvalue weighted by Gasteiger charge is -2.28. The molecular weight excluding hydrogens is 392 g/mol. The molecule has 1 aromatic heterocycles. The highest BCUT2D eigenvalue weighted by Gasteiger charge is 2.21. The summed E-state index contributed by atoms with van der Waals surface area (Å²) in [6.07, 6.45) is -0.182. The molecular formula is C20H24N4O6. The number of nitrogens with zero attached hydrogens (tertiary/aromatic N) is 4. The molecule has 2 heterocycles. The van der Waals surface area contributed by atoms with Gasteiger partial charge >= 0.3 is 5.97 Å². The summed E-state index contributed by atoms with van der Waals surface area (Å²) in [5, 5.41) is 5.16. The van der Waals surface area contributed by atoms with E-state index in [4.69, 9.17) is 9.47 Å². The van der Waals surface area contributed by atoms with Crippen molar-refractivity contribution in [2.24, 2.45) is 7.05 Å². The fourth-order valence-corrected chi connectivity index (χ4v) is 3.15. The molecule has 0 atom stereocenters. The van der Waals surface area contributed by atoms with Crippen LogP contribution in [0.2, 0.25) is 0 Å². The summed E-state index contributed by atoms with van der Waals surface area (Å²) in [7, 11) is 2.99. The van der Waals surface area contributed by atoms with E-state index in [-0.39, 0.29) is 24.4 Å². The Labute approximate surface area is 172 Å². The van der Waals surface area contributed by atoms with Crippen LogP contribution in [-0.2, 0) is 37.3 Å². The molecule has 0 aliphatic carbocycles. The molecule has 0 N–H and O–H groups in total. The van der Waals surface area contributed by atoms with Gasteiger partial charge in [0.25, 0.3) is 11.5 Å². The smallest absolute Gasteiger partial charge is 0.312 e. The van der Waals surface area contributed by atoms with E-state index in [1.165, 1.54) is 23.7 Å². The number of likely N-dealkylation sites (N-methyl/N-ethyl adjacent to an activating group) is 1. The molecule has 0 bridgehead atoms. The van der Waals surface area contributed by atoms with Crippen LogP contribution in [0, 0.1) is 0 Å². The average Bonchev–Trinajstić information content (AvgIpc) is 2.76. The SMILES string of the molecule is CN(CC(=O)N1CCOCC1)C(=O)COC(=O)Cc1nn(C)c(=O)c2ccccc12. The highest BCUT2D eigenvalue weighted by Crippen LogP contribution is 2.14. The quantitative estimate of drug-likeness (QED) is 0.575. The number of ether oxygens (including phenoxy) is 2. The van der Waals surface area contributed by atoms with Crippen LogP contribution in [0.5, 0.6) is 0 Å². The molecule has 1 aliphatic heterocycles. The van der Waals surface area contributed by atoms with Crippen molar-refractivity contribution in [1.82, 2.24) is 19.6 Å². The van der Waals surface area contributed by atoms with Gasteiger partial charge in [0.15, 0.2) is 6.61 Å².